The van der Waals surface area contributed by atoms with Crippen molar-refractivity contribution in [2.45, 2.75) is 33.4 Å². The lowest BCUT2D eigenvalue weighted by Gasteiger charge is -2.25. The molecule has 0 saturated heterocycles. The molecule has 148 valence electrons. The first-order chi connectivity index (χ1) is 13.9. The van der Waals surface area contributed by atoms with Crippen molar-refractivity contribution in [3.63, 3.8) is 0 Å². The molecule has 0 atom stereocenters. The molecule has 0 unspecified atom stereocenters. The Balaban J connectivity index is 1.74. The monoisotopic (exact) mass is 409 g/mol. The normalized spacial score (nSPS) is 11.5. The number of amides is 1. The standard InChI is InChI=1S/C22H20ClN3O3/c1-12(2)26(11-18-24-17-10-5-4-7-15(17)21(27)25-18)22(28)19-13(3)14-8-6-9-16(23)20(14)29-19/h4-10,12H,11H2,1-3H3,(H,24,25,27). The molecule has 4 aromatic rings. The van der Waals surface area contributed by atoms with Gasteiger partial charge in [0.05, 0.1) is 22.5 Å². The van der Waals surface area contributed by atoms with E-state index in [4.69, 9.17) is 16.0 Å². The third kappa shape index (κ3) is 3.40. The smallest absolute Gasteiger partial charge is 0.290 e. The van der Waals surface area contributed by atoms with Crippen LogP contribution in [0.2, 0.25) is 5.02 Å². The number of rotatable bonds is 4. The van der Waals surface area contributed by atoms with Gasteiger partial charge in [0.15, 0.2) is 11.3 Å². The minimum absolute atomic E-state index is 0.137. The minimum Gasteiger partial charge on any atom is -0.449 e. The molecule has 0 aliphatic carbocycles. The second-order valence-corrected chi connectivity index (χ2v) is 7.64. The van der Waals surface area contributed by atoms with Gasteiger partial charge < -0.3 is 14.3 Å². The number of aromatic amines is 1. The van der Waals surface area contributed by atoms with E-state index in [0.717, 1.165) is 10.9 Å². The van der Waals surface area contributed by atoms with Crippen molar-refractivity contribution in [2.24, 2.45) is 0 Å². The molecule has 2 aromatic heterocycles. The number of fused-ring (bicyclic) bond motifs is 2. The van der Waals surface area contributed by atoms with Crippen LogP contribution in [0.1, 0.15) is 35.8 Å². The summed E-state index contributed by atoms with van der Waals surface area (Å²) in [4.78, 5) is 34.6. The third-order valence-electron chi connectivity index (χ3n) is 4.98. The quantitative estimate of drug-likeness (QED) is 0.530. The van der Waals surface area contributed by atoms with E-state index in [9.17, 15) is 9.59 Å². The fourth-order valence-electron chi connectivity index (χ4n) is 3.40. The maximum atomic E-state index is 13.3. The second kappa shape index (κ2) is 7.37. The van der Waals surface area contributed by atoms with Gasteiger partial charge in [-0.1, -0.05) is 35.9 Å². The van der Waals surface area contributed by atoms with Crippen molar-refractivity contribution in [3.05, 3.63) is 75.0 Å². The number of hydrogen-bond donors (Lipinski definition) is 1. The molecule has 6 nitrogen and oxygen atoms in total. The van der Waals surface area contributed by atoms with E-state index in [-0.39, 0.29) is 29.8 Å². The zero-order valence-corrected chi connectivity index (χ0v) is 17.1. The summed E-state index contributed by atoms with van der Waals surface area (Å²) in [6, 6.07) is 12.4. The van der Waals surface area contributed by atoms with E-state index in [0.29, 0.717) is 27.3 Å². The Morgan fingerprint density at radius 1 is 1.17 bits per heavy atom. The van der Waals surface area contributed by atoms with Gasteiger partial charge in [-0.05, 0) is 39.0 Å². The summed E-state index contributed by atoms with van der Waals surface area (Å²) < 4.78 is 5.84. The van der Waals surface area contributed by atoms with Crippen LogP contribution in [0.3, 0.4) is 0 Å². The number of carbonyl (C=O) groups excluding carboxylic acids is 1. The third-order valence-corrected chi connectivity index (χ3v) is 5.27. The fourth-order valence-corrected chi connectivity index (χ4v) is 3.62. The number of aromatic nitrogens is 2. The number of halogens is 1. The summed E-state index contributed by atoms with van der Waals surface area (Å²) in [7, 11) is 0. The molecule has 0 aliphatic heterocycles. The molecular weight excluding hydrogens is 390 g/mol. The molecule has 0 bridgehead atoms. The lowest BCUT2D eigenvalue weighted by Crippen LogP contribution is -2.37. The van der Waals surface area contributed by atoms with Crippen molar-refractivity contribution >= 4 is 39.4 Å². The summed E-state index contributed by atoms with van der Waals surface area (Å²) >= 11 is 6.22. The largest absolute Gasteiger partial charge is 0.449 e. The molecule has 29 heavy (non-hydrogen) atoms. The van der Waals surface area contributed by atoms with Crippen LogP contribution in [-0.2, 0) is 6.54 Å². The zero-order chi connectivity index (χ0) is 20.7. The van der Waals surface area contributed by atoms with Crippen LogP contribution in [0.25, 0.3) is 21.9 Å². The van der Waals surface area contributed by atoms with E-state index < -0.39 is 0 Å². The molecule has 2 heterocycles. The first kappa shape index (κ1) is 19.2. The molecule has 7 heteroatoms. The topological polar surface area (TPSA) is 79.2 Å². The van der Waals surface area contributed by atoms with E-state index in [1.165, 1.54) is 0 Å². The highest BCUT2D eigenvalue weighted by atomic mass is 35.5. The van der Waals surface area contributed by atoms with Crippen molar-refractivity contribution in [1.29, 1.82) is 0 Å². The number of benzene rings is 2. The van der Waals surface area contributed by atoms with Crippen molar-refractivity contribution < 1.29 is 9.21 Å². The Morgan fingerprint density at radius 3 is 2.62 bits per heavy atom. The number of hydrogen-bond acceptors (Lipinski definition) is 4. The minimum atomic E-state index is -0.277. The summed E-state index contributed by atoms with van der Waals surface area (Å²) in [6.07, 6.45) is 0. The van der Waals surface area contributed by atoms with Crippen LogP contribution in [0.4, 0.5) is 0 Å². The van der Waals surface area contributed by atoms with Gasteiger partial charge in [0, 0.05) is 17.0 Å². The number of para-hydroxylation sites is 2. The van der Waals surface area contributed by atoms with E-state index in [2.05, 4.69) is 9.97 Å². The van der Waals surface area contributed by atoms with Gasteiger partial charge in [-0.3, -0.25) is 9.59 Å². The molecule has 0 radical (unpaired) electrons. The molecule has 0 aliphatic rings. The highest BCUT2D eigenvalue weighted by Crippen LogP contribution is 2.31. The Bertz CT molecular complexity index is 1290. The van der Waals surface area contributed by atoms with Crippen molar-refractivity contribution in [3.8, 4) is 0 Å². The molecule has 0 fully saturated rings. The highest BCUT2D eigenvalue weighted by Gasteiger charge is 2.26. The molecule has 0 saturated carbocycles. The number of H-pyrrole nitrogens is 1. The Kier molecular flexibility index (Phi) is 4.88. The van der Waals surface area contributed by atoms with E-state index >= 15 is 0 Å². The predicted molar refractivity (Wildman–Crippen MR) is 113 cm³/mol. The number of aryl methyl sites for hydroxylation is 1. The van der Waals surface area contributed by atoms with Gasteiger partial charge in [0.1, 0.15) is 5.82 Å². The summed E-state index contributed by atoms with van der Waals surface area (Å²) in [5, 5.41) is 1.78. The second-order valence-electron chi connectivity index (χ2n) is 7.23. The van der Waals surface area contributed by atoms with E-state index in [1.54, 1.807) is 29.2 Å². The average molecular weight is 410 g/mol. The predicted octanol–water partition coefficient (Wildman–Crippen LogP) is 4.68. The Hall–Kier alpha value is -3.12. The summed E-state index contributed by atoms with van der Waals surface area (Å²) in [5.41, 5.74) is 1.59. The van der Waals surface area contributed by atoms with Gasteiger partial charge in [-0.25, -0.2) is 4.98 Å². The SMILES string of the molecule is Cc1c(C(=O)N(Cc2nc3ccccc3c(=O)[nH]2)C(C)C)oc2c(Cl)cccc12. The number of nitrogens with zero attached hydrogens (tertiary/aromatic N) is 2. The summed E-state index contributed by atoms with van der Waals surface area (Å²) in [6.45, 7) is 5.80. The molecule has 1 amide bonds. The van der Waals surface area contributed by atoms with Crippen LogP contribution in [-0.4, -0.2) is 26.8 Å². The van der Waals surface area contributed by atoms with Crippen molar-refractivity contribution in [1.82, 2.24) is 14.9 Å². The molecular formula is C22H20ClN3O3. The van der Waals surface area contributed by atoms with Gasteiger partial charge in [-0.15, -0.1) is 0 Å². The molecule has 1 N–H and O–H groups in total. The fraction of sp³-hybridized carbons (Fsp3) is 0.227. The van der Waals surface area contributed by atoms with Gasteiger partial charge >= 0.3 is 0 Å². The molecule has 0 spiro atoms. The lowest BCUT2D eigenvalue weighted by molar-refractivity contribution is 0.0653. The number of carbonyl (C=O) groups is 1. The van der Waals surface area contributed by atoms with Crippen LogP contribution in [0, 0.1) is 6.92 Å². The Morgan fingerprint density at radius 2 is 1.90 bits per heavy atom. The van der Waals surface area contributed by atoms with Crippen LogP contribution >= 0.6 is 11.6 Å². The van der Waals surface area contributed by atoms with Crippen LogP contribution in [0.15, 0.2) is 51.7 Å². The van der Waals surface area contributed by atoms with Crippen molar-refractivity contribution in [2.75, 3.05) is 0 Å². The van der Waals surface area contributed by atoms with Crippen LogP contribution < -0.4 is 5.56 Å². The number of nitrogens with one attached hydrogen (secondary N) is 1. The first-order valence-corrected chi connectivity index (χ1v) is 9.71. The maximum absolute atomic E-state index is 13.3. The molecule has 4 rings (SSSR count). The Labute approximate surface area is 172 Å². The highest BCUT2D eigenvalue weighted by molar-refractivity contribution is 6.35. The molecule has 2 aromatic carbocycles. The number of furan rings is 1. The lowest BCUT2D eigenvalue weighted by atomic mass is 10.1. The maximum Gasteiger partial charge on any atom is 0.290 e. The van der Waals surface area contributed by atoms with Gasteiger partial charge in [-0.2, -0.15) is 0 Å². The summed E-state index contributed by atoms with van der Waals surface area (Å²) in [5.74, 6) is 0.382. The van der Waals surface area contributed by atoms with Crippen LogP contribution in [0.5, 0.6) is 0 Å². The zero-order valence-electron chi connectivity index (χ0n) is 16.3. The van der Waals surface area contributed by atoms with Gasteiger partial charge in [0.2, 0.25) is 0 Å². The average Bonchev–Trinajstić information content (AvgIpc) is 3.04. The first-order valence-electron chi connectivity index (χ1n) is 9.33. The van der Waals surface area contributed by atoms with Gasteiger partial charge in [0.25, 0.3) is 11.5 Å². The van der Waals surface area contributed by atoms with E-state index in [1.807, 2.05) is 39.0 Å².